The largest absolute Gasteiger partial charge is 0.481 e. The minimum Gasteiger partial charge on any atom is -0.481 e. The Balaban J connectivity index is 2.15. The van der Waals surface area contributed by atoms with Gasteiger partial charge in [0, 0.05) is 13.1 Å². The van der Waals surface area contributed by atoms with Gasteiger partial charge in [-0.1, -0.05) is 0 Å². The molecule has 0 aromatic heterocycles. The molecule has 2 aliphatic rings. The van der Waals surface area contributed by atoms with E-state index in [9.17, 15) is 23.1 Å². The van der Waals surface area contributed by atoms with Crippen molar-refractivity contribution in [3.05, 3.63) is 0 Å². The molecule has 2 heterocycles. The number of rotatable bonds is 3. The summed E-state index contributed by atoms with van der Waals surface area (Å²) in [5.41, 5.74) is 0. The third-order valence-corrected chi connectivity index (χ3v) is 5.72. The van der Waals surface area contributed by atoms with Gasteiger partial charge in [0.05, 0.1) is 36.6 Å². The number of nitrogens with zero attached hydrogens (tertiary/aromatic N) is 2. The Morgan fingerprint density at radius 1 is 1.14 bits per heavy atom. The van der Waals surface area contributed by atoms with Gasteiger partial charge in [-0.05, 0) is 12.8 Å². The van der Waals surface area contributed by atoms with Gasteiger partial charge in [0.25, 0.3) is 0 Å². The lowest BCUT2D eigenvalue weighted by Gasteiger charge is -2.38. The molecular weight excluding hydrogens is 300 g/mol. The molecule has 9 heteroatoms. The minimum atomic E-state index is -3.31. The summed E-state index contributed by atoms with van der Waals surface area (Å²) in [4.78, 5) is 26.3. The second-order valence-electron chi connectivity index (χ2n) is 5.51. The van der Waals surface area contributed by atoms with Crippen molar-refractivity contribution >= 4 is 21.8 Å². The predicted octanol–water partition coefficient (Wildman–Crippen LogP) is -0.863. The first-order valence-corrected chi connectivity index (χ1v) is 8.76. The van der Waals surface area contributed by atoms with Crippen molar-refractivity contribution in [3.8, 4) is 0 Å². The topological polar surface area (TPSA) is 115 Å². The van der Waals surface area contributed by atoms with Gasteiger partial charge < -0.3 is 20.0 Å². The van der Waals surface area contributed by atoms with Crippen LogP contribution in [0.15, 0.2) is 0 Å². The summed E-state index contributed by atoms with van der Waals surface area (Å²) in [6.45, 7) is 0.377. The number of aliphatic hydroxyl groups is 1. The van der Waals surface area contributed by atoms with Gasteiger partial charge in [-0.25, -0.2) is 13.2 Å². The average molecular weight is 320 g/mol. The number of carboxylic acid groups (broad SMARTS) is 1. The first kappa shape index (κ1) is 16.0. The zero-order valence-electron chi connectivity index (χ0n) is 11.6. The summed E-state index contributed by atoms with van der Waals surface area (Å²) < 4.78 is 23.3. The van der Waals surface area contributed by atoms with Crippen LogP contribution < -0.4 is 0 Å². The van der Waals surface area contributed by atoms with Gasteiger partial charge in [-0.3, -0.25) is 4.79 Å². The van der Waals surface area contributed by atoms with Gasteiger partial charge in [-0.15, -0.1) is 0 Å². The lowest BCUT2D eigenvalue weighted by molar-refractivity contribution is -0.138. The number of carbonyl (C=O) groups excluding carboxylic acids is 1. The number of amides is 2. The van der Waals surface area contributed by atoms with Crippen molar-refractivity contribution in [1.82, 2.24) is 9.80 Å². The molecule has 2 amide bonds. The molecule has 0 aromatic rings. The molecule has 8 nitrogen and oxygen atoms in total. The Labute approximate surface area is 123 Å². The van der Waals surface area contributed by atoms with Crippen LogP contribution in [-0.2, 0) is 14.6 Å². The number of aliphatic carboxylic acids is 1. The number of carboxylic acids is 1. The molecule has 2 N–H and O–H groups in total. The molecule has 0 saturated carbocycles. The van der Waals surface area contributed by atoms with Crippen molar-refractivity contribution in [2.75, 3.05) is 31.2 Å². The molecule has 2 fully saturated rings. The second kappa shape index (κ2) is 6.18. The van der Waals surface area contributed by atoms with E-state index in [1.807, 2.05) is 0 Å². The molecule has 0 radical (unpaired) electrons. The summed E-state index contributed by atoms with van der Waals surface area (Å²) in [7, 11) is -3.31. The van der Waals surface area contributed by atoms with Crippen molar-refractivity contribution in [3.63, 3.8) is 0 Å². The number of urea groups is 1. The Morgan fingerprint density at radius 2 is 1.81 bits per heavy atom. The van der Waals surface area contributed by atoms with Crippen LogP contribution in [0, 0.1) is 0 Å². The monoisotopic (exact) mass is 320 g/mol. The Bertz CT molecular complexity index is 520. The molecule has 21 heavy (non-hydrogen) atoms. The number of aliphatic hydroxyl groups excluding tert-OH is 1. The van der Waals surface area contributed by atoms with Gasteiger partial charge in [-0.2, -0.15) is 0 Å². The fourth-order valence-corrected chi connectivity index (χ4v) is 4.48. The first-order chi connectivity index (χ1) is 9.84. The Hall–Kier alpha value is -1.35. The van der Waals surface area contributed by atoms with E-state index in [0.717, 1.165) is 6.42 Å². The molecule has 0 bridgehead atoms. The summed E-state index contributed by atoms with van der Waals surface area (Å²) in [5.74, 6) is -1.59. The second-order valence-corrected chi connectivity index (χ2v) is 7.74. The molecule has 0 spiro atoms. The summed E-state index contributed by atoms with van der Waals surface area (Å²) in [6, 6.07) is -1.47. The maximum atomic E-state index is 12.5. The van der Waals surface area contributed by atoms with Gasteiger partial charge in [0.1, 0.15) is 0 Å². The molecule has 2 atom stereocenters. The molecule has 2 rings (SSSR count). The number of likely N-dealkylation sites (tertiary alicyclic amines) is 1. The zero-order valence-corrected chi connectivity index (χ0v) is 12.5. The molecule has 2 saturated heterocycles. The van der Waals surface area contributed by atoms with Crippen LogP contribution in [0.2, 0.25) is 0 Å². The van der Waals surface area contributed by atoms with Crippen LogP contribution in [0.25, 0.3) is 0 Å². The minimum absolute atomic E-state index is 0.00770. The highest BCUT2D eigenvalue weighted by atomic mass is 32.2. The Morgan fingerprint density at radius 3 is 2.43 bits per heavy atom. The van der Waals surface area contributed by atoms with Crippen LogP contribution in [0.1, 0.15) is 19.3 Å². The number of hydrogen-bond acceptors (Lipinski definition) is 5. The summed E-state index contributed by atoms with van der Waals surface area (Å²) in [5, 5.41) is 18.2. The van der Waals surface area contributed by atoms with Gasteiger partial charge >= 0.3 is 12.0 Å². The van der Waals surface area contributed by atoms with Gasteiger partial charge in [0.15, 0.2) is 9.84 Å². The molecule has 120 valence electrons. The van der Waals surface area contributed by atoms with Crippen molar-refractivity contribution in [2.24, 2.45) is 0 Å². The molecular formula is C12H20N2O6S. The predicted molar refractivity (Wildman–Crippen MR) is 73.6 cm³/mol. The van der Waals surface area contributed by atoms with Crippen LogP contribution in [-0.4, -0.2) is 83.7 Å². The third-order valence-electron chi connectivity index (χ3n) is 4.02. The lowest BCUT2D eigenvalue weighted by Crippen LogP contribution is -2.57. The van der Waals surface area contributed by atoms with E-state index in [0.29, 0.717) is 13.0 Å². The van der Waals surface area contributed by atoms with E-state index in [1.54, 1.807) is 0 Å². The molecule has 2 unspecified atom stereocenters. The highest BCUT2D eigenvalue weighted by Crippen LogP contribution is 2.23. The van der Waals surface area contributed by atoms with Crippen LogP contribution in [0.3, 0.4) is 0 Å². The van der Waals surface area contributed by atoms with Crippen molar-refractivity contribution in [2.45, 2.75) is 31.3 Å². The summed E-state index contributed by atoms with van der Waals surface area (Å²) >= 11 is 0. The molecule has 0 aromatic carbocycles. The fraction of sp³-hybridized carbons (Fsp3) is 0.833. The smallest absolute Gasteiger partial charge is 0.320 e. The van der Waals surface area contributed by atoms with E-state index in [1.165, 1.54) is 9.80 Å². The highest BCUT2D eigenvalue weighted by molar-refractivity contribution is 7.91. The Kier molecular flexibility index (Phi) is 4.72. The number of hydrogen-bond donors (Lipinski definition) is 2. The van der Waals surface area contributed by atoms with E-state index >= 15 is 0 Å². The van der Waals surface area contributed by atoms with E-state index in [-0.39, 0.29) is 43.2 Å². The average Bonchev–Trinajstić information content (AvgIpc) is 2.84. The quantitative estimate of drug-likeness (QED) is 0.699. The van der Waals surface area contributed by atoms with Crippen LogP contribution >= 0.6 is 0 Å². The first-order valence-electron chi connectivity index (χ1n) is 6.94. The van der Waals surface area contributed by atoms with Crippen LogP contribution in [0.5, 0.6) is 0 Å². The third kappa shape index (κ3) is 3.65. The maximum absolute atomic E-state index is 12.5. The lowest BCUT2D eigenvalue weighted by atomic mass is 10.2. The van der Waals surface area contributed by atoms with E-state index < -0.39 is 21.8 Å². The molecule has 0 aliphatic carbocycles. The maximum Gasteiger partial charge on any atom is 0.320 e. The van der Waals surface area contributed by atoms with E-state index in [4.69, 9.17) is 5.11 Å². The number of carbonyl (C=O) groups is 2. The molecule has 2 aliphatic heterocycles. The SMILES string of the molecule is O=C(O)CC1CS(=O)(=O)CCN1C(=O)N1CCCC1CO. The van der Waals surface area contributed by atoms with Crippen LogP contribution in [0.4, 0.5) is 4.79 Å². The van der Waals surface area contributed by atoms with Crippen molar-refractivity contribution < 1.29 is 28.2 Å². The number of sulfone groups is 1. The summed E-state index contributed by atoms with van der Waals surface area (Å²) in [6.07, 6.45) is 1.10. The van der Waals surface area contributed by atoms with Gasteiger partial charge in [0.2, 0.25) is 0 Å². The highest BCUT2D eigenvalue weighted by Gasteiger charge is 2.39. The normalized spacial score (nSPS) is 28.6. The fourth-order valence-electron chi connectivity index (χ4n) is 2.95. The zero-order chi connectivity index (χ0) is 15.6. The standard InChI is InChI=1S/C12H20N2O6S/c15-7-9-2-1-3-13(9)12(18)14-4-5-21(19,20)8-10(14)6-11(16)17/h9-10,15H,1-8H2,(H,16,17). The van der Waals surface area contributed by atoms with E-state index in [2.05, 4.69) is 0 Å². The van der Waals surface area contributed by atoms with Crippen molar-refractivity contribution in [1.29, 1.82) is 0 Å².